The van der Waals surface area contributed by atoms with Crippen molar-refractivity contribution < 1.29 is 18.5 Å². The van der Waals surface area contributed by atoms with E-state index >= 15 is 0 Å². The average molecular weight is 1400 g/mol. The Morgan fingerprint density at radius 2 is 1.05 bits per heavy atom. The summed E-state index contributed by atoms with van der Waals surface area (Å²) in [6.07, 6.45) is 12.0. The molecule has 0 unspecified atom stereocenters. The Morgan fingerprint density at radius 3 is 1.48 bits per heavy atom. The van der Waals surface area contributed by atoms with Gasteiger partial charge in [0.2, 0.25) is 0 Å². The molecule has 2 aliphatic carbocycles. The van der Waals surface area contributed by atoms with Crippen LogP contribution in [0.4, 0.5) is 5.82 Å². The second-order valence-corrected chi connectivity index (χ2v) is 38.9. The molecule has 2 fully saturated rings. The lowest BCUT2D eigenvalue weighted by Crippen LogP contribution is -2.21. The first-order valence-corrected chi connectivity index (χ1v) is 41.7. The van der Waals surface area contributed by atoms with Gasteiger partial charge >= 0.3 is 0 Å². The number of nitrogen functional groups attached to an aromatic ring is 1. The van der Waals surface area contributed by atoms with E-state index in [4.69, 9.17) is 73.3 Å². The Hall–Kier alpha value is -4.41. The number of benzene rings is 2. The van der Waals surface area contributed by atoms with Gasteiger partial charge < -0.3 is 34.2 Å². The highest BCUT2D eigenvalue weighted by molar-refractivity contribution is 8.75. The van der Waals surface area contributed by atoms with Gasteiger partial charge in [-0.3, -0.25) is 4.68 Å². The Bertz CT molecular complexity index is 4500. The Kier molecular flexibility index (Phi) is 24.7. The van der Waals surface area contributed by atoms with Crippen molar-refractivity contribution in [2.75, 3.05) is 20.0 Å². The Labute approximate surface area is 534 Å². The summed E-state index contributed by atoms with van der Waals surface area (Å²) in [6.45, 7) is 15.6. The van der Waals surface area contributed by atoms with Crippen molar-refractivity contribution in [3.63, 3.8) is 0 Å². The lowest BCUT2D eigenvalue weighted by atomic mass is 9.92. The van der Waals surface area contributed by atoms with Crippen LogP contribution in [0.3, 0.4) is 0 Å². The average Bonchev–Trinajstić information content (AvgIpc) is 3.32. The van der Waals surface area contributed by atoms with Gasteiger partial charge in [-0.1, -0.05) is 36.8 Å². The molecule has 0 atom stereocenters. The number of aromatic nitrogens is 12. The minimum atomic E-state index is 0. The first-order chi connectivity index (χ1) is 39.6. The third-order valence-corrected chi connectivity index (χ3v) is 36.5. The van der Waals surface area contributed by atoms with E-state index in [0.29, 0.717) is 35.1 Å². The number of aromatic amines is 2. The number of rotatable bonds is 8. The third kappa shape index (κ3) is 15.1. The number of H-pyrrole nitrogens is 2. The van der Waals surface area contributed by atoms with Crippen molar-refractivity contribution in [1.82, 2.24) is 59.8 Å². The molecule has 31 heteroatoms. The molecule has 8 aromatic heterocycles. The number of hydrogen-bond acceptors (Lipinski definition) is 15. The number of hydrogen-bond donors (Lipinski definition) is 3. The van der Waals surface area contributed by atoms with Gasteiger partial charge in [-0.2, -0.15) is 10.2 Å². The summed E-state index contributed by atoms with van der Waals surface area (Å²) in [7, 11) is 21.4. The van der Waals surface area contributed by atoms with Crippen LogP contribution in [-0.4, -0.2) is 74.0 Å². The number of nitrogens with two attached hydrogens (primary N) is 1. The topological polar surface area (TPSA) is 215 Å². The molecule has 2 saturated carbocycles. The molecular weight excluding hydrogens is 1330 g/mol. The van der Waals surface area contributed by atoms with E-state index in [-0.39, 0.29) is 14.9 Å². The fraction of sp³-hybridized carbons (Fsp3) is 0.396. The van der Waals surface area contributed by atoms with Crippen LogP contribution >= 0.6 is 11.6 Å². The quantitative estimate of drug-likeness (QED) is 0.121. The monoisotopic (exact) mass is 1400 g/mol. The number of anilines is 1. The molecule has 0 bridgehead atoms. The van der Waals surface area contributed by atoms with Crippen molar-refractivity contribution in [2.45, 2.75) is 127 Å². The van der Waals surface area contributed by atoms with Gasteiger partial charge in [0.25, 0.3) is 0 Å². The molecule has 450 valence electrons. The van der Waals surface area contributed by atoms with Gasteiger partial charge in [0, 0.05) is 176 Å². The molecule has 2 aliphatic rings. The van der Waals surface area contributed by atoms with E-state index in [2.05, 4.69) is 59.1 Å². The second kappa shape index (κ2) is 31.0. The lowest BCUT2D eigenvalue weighted by molar-refractivity contribution is 0.283. The normalized spacial score (nSPS) is 12.6. The fourth-order valence-corrected chi connectivity index (χ4v) is 34.8. The summed E-state index contributed by atoms with van der Waals surface area (Å²) < 4.78 is 26.3. The first kappa shape index (κ1) is 67.1. The highest BCUT2D eigenvalue weighted by Gasteiger charge is 2.27. The SMILES string of the molecule is C.C.COc1cc2c(cc1-c1c(C)noc1C)[nH]c1nc(C)nc(Cc3c(C)cnn3C3CCC3)c12.COc1cc2c(cc1-c1c(C)noc1C)[nH]c1nc(C)nc(Cl)c12.Cc1cnn(C2CCC2)c1N.S=S=S=S=S=S=S=S=S=S=S=S=S. The van der Waals surface area contributed by atoms with Gasteiger partial charge in [-0.25, -0.2) is 24.6 Å². The molecule has 2 aromatic carbocycles. The van der Waals surface area contributed by atoms with E-state index in [1.165, 1.54) is 67.5 Å². The molecular formula is C53H64ClN13O4S13. The summed E-state index contributed by atoms with van der Waals surface area (Å²) in [4.78, 5) is 25.2. The van der Waals surface area contributed by atoms with E-state index in [9.17, 15) is 0 Å². The highest BCUT2D eigenvalue weighted by Crippen LogP contribution is 2.43. The molecule has 12 rings (SSSR count). The standard InChI is InChI=1S/C26H28N6O2.C17H15ClN4O2.C8H13N3.2CH4.S13/c1-13-12-27-32(17-7-6-8-17)22(13)11-21-25-18-10-23(33-5)19(24-14(2)31-34-15(24)3)9-20(18)30-26(25)29-16(4)28-21;1-7-14(8(2)24-22-7)11-5-12-10(6-13(11)23-4)15-16(18)19-9(3)20-17(15)21-12;1-6-5-10-11(8(6)9)7-3-2-4-7;;;1-3-5-7-9-11-13-12-10-8-6-4-2/h9-10,12,17H,6-8,11H2,1-5H3,(H,28,29,30);5-6H,1-4H3,(H,19,20,21);5,7H,2-4,9H2,1H3;2*1H4;. The van der Waals surface area contributed by atoms with Crippen LogP contribution in [0, 0.1) is 55.4 Å². The van der Waals surface area contributed by atoms with E-state index < -0.39 is 0 Å². The zero-order valence-corrected chi connectivity index (χ0v) is 57.3. The summed E-state index contributed by atoms with van der Waals surface area (Å²) in [5.74, 6) is 5.21. The van der Waals surface area contributed by atoms with Gasteiger partial charge in [0.15, 0.2) is 0 Å². The van der Waals surface area contributed by atoms with E-state index in [1.807, 2.05) is 77.7 Å². The zero-order chi connectivity index (χ0) is 58.2. The minimum absolute atomic E-state index is 0. The molecule has 4 N–H and O–H groups in total. The molecule has 0 spiro atoms. The number of fused-ring (bicyclic) bond motifs is 6. The van der Waals surface area contributed by atoms with Gasteiger partial charge in [-0.15, -0.1) is 0 Å². The summed E-state index contributed by atoms with van der Waals surface area (Å²) >= 11 is 15.7. The van der Waals surface area contributed by atoms with Gasteiger partial charge in [0.1, 0.15) is 56.9 Å². The number of halogens is 1. The van der Waals surface area contributed by atoms with E-state index in [1.54, 1.807) is 94.1 Å². The van der Waals surface area contributed by atoms with Crippen LogP contribution in [0.5, 0.6) is 11.5 Å². The molecule has 0 saturated heterocycles. The maximum absolute atomic E-state index is 6.33. The number of nitrogens with one attached hydrogen (secondary N) is 2. The number of nitrogens with zero attached hydrogens (tertiary/aromatic N) is 10. The third-order valence-electron chi connectivity index (χ3n) is 14.0. The smallest absolute Gasteiger partial charge is 0.143 e. The Balaban J connectivity index is 0.000000176. The van der Waals surface area contributed by atoms with E-state index in [0.717, 1.165) is 118 Å². The van der Waals surface area contributed by atoms with Gasteiger partial charge in [-0.05, 0) is 124 Å². The number of ether oxygens (including phenoxy) is 2. The van der Waals surface area contributed by atoms with Crippen LogP contribution < -0.4 is 15.2 Å². The summed E-state index contributed by atoms with van der Waals surface area (Å²) in [5.41, 5.74) is 19.2. The summed E-state index contributed by atoms with van der Waals surface area (Å²) in [6, 6.07) is 9.22. The largest absolute Gasteiger partial charge is 0.496 e. The molecule has 84 heavy (non-hydrogen) atoms. The van der Waals surface area contributed by atoms with Gasteiger partial charge in [0.05, 0.1) is 72.3 Å². The molecule has 0 amide bonds. The maximum Gasteiger partial charge on any atom is 0.143 e. The summed E-state index contributed by atoms with van der Waals surface area (Å²) in [5, 5.41) is 21.3. The molecule has 17 nitrogen and oxygen atoms in total. The van der Waals surface area contributed by atoms with Crippen LogP contribution in [0.15, 0.2) is 45.7 Å². The second-order valence-electron chi connectivity index (χ2n) is 19.0. The molecule has 0 radical (unpaired) electrons. The van der Waals surface area contributed by atoms with Crippen LogP contribution in [0.2, 0.25) is 5.15 Å². The lowest BCUT2D eigenvalue weighted by Gasteiger charge is -2.27. The number of aryl methyl sites for hydroxylation is 8. The highest BCUT2D eigenvalue weighted by atomic mass is 35.5. The number of methoxy groups -OCH3 is 2. The van der Waals surface area contributed by atoms with Crippen LogP contribution in [0.1, 0.15) is 123 Å². The molecule has 0 aliphatic heterocycles. The van der Waals surface area contributed by atoms with Crippen molar-refractivity contribution in [2.24, 2.45) is 0 Å². The predicted molar refractivity (Wildman–Crippen MR) is 376 cm³/mol. The molecule has 8 heterocycles. The first-order valence-electron chi connectivity index (χ1n) is 25.3. The van der Waals surface area contributed by atoms with Crippen molar-refractivity contribution in [3.8, 4) is 33.8 Å². The minimum Gasteiger partial charge on any atom is -0.496 e. The van der Waals surface area contributed by atoms with Crippen molar-refractivity contribution in [3.05, 3.63) is 98.9 Å². The predicted octanol–water partition coefficient (Wildman–Crippen LogP) is 12.6. The van der Waals surface area contributed by atoms with Crippen LogP contribution in [-0.2, 0) is 126 Å². The van der Waals surface area contributed by atoms with Crippen molar-refractivity contribution >= 4 is 181 Å². The Morgan fingerprint density at radius 1 is 0.607 bits per heavy atom. The maximum atomic E-state index is 6.33. The molecule has 10 aromatic rings. The van der Waals surface area contributed by atoms with Crippen LogP contribution in [0.25, 0.3) is 66.1 Å². The zero-order valence-electron chi connectivity index (χ0n) is 45.9. The fourth-order valence-electron chi connectivity index (χ4n) is 9.78. The van der Waals surface area contributed by atoms with Crippen molar-refractivity contribution in [1.29, 1.82) is 0 Å².